The normalized spacial score (nSPS) is 15.3. The Kier molecular flexibility index (Phi) is 10.9. The van der Waals surface area contributed by atoms with Crippen LogP contribution in [0.25, 0.3) is 0 Å². The Hall–Kier alpha value is -2.97. The van der Waals surface area contributed by atoms with E-state index in [0.29, 0.717) is 0 Å². The van der Waals surface area contributed by atoms with E-state index in [-0.39, 0.29) is 27.5 Å². The maximum Gasteiger partial charge on any atom is 0.245 e. The van der Waals surface area contributed by atoms with Crippen molar-refractivity contribution >= 4 is 21.7 Å². The second-order valence-electron chi connectivity index (χ2n) is 12.4. The van der Waals surface area contributed by atoms with Gasteiger partial charge in [0.1, 0.15) is 6.04 Å². The Morgan fingerprint density at radius 2 is 1.38 bits per heavy atom. The molecule has 0 bridgehead atoms. The summed E-state index contributed by atoms with van der Waals surface area (Å²) in [6.45, 7) is 15.2. The predicted molar refractivity (Wildman–Crippen MR) is 162 cm³/mol. The molecular formula is C32H47N3O4S. The summed E-state index contributed by atoms with van der Waals surface area (Å²) in [4.78, 5) is 29.7. The Morgan fingerprint density at radius 3 is 1.82 bits per heavy atom. The monoisotopic (exact) mass is 569 g/mol. The predicted octanol–water partition coefficient (Wildman–Crippen LogP) is 4.94. The molecule has 2 rings (SSSR count). The second kappa shape index (κ2) is 13.1. The van der Waals surface area contributed by atoms with Crippen molar-refractivity contribution in [1.29, 1.82) is 0 Å². The quantitative estimate of drug-likeness (QED) is 0.400. The zero-order valence-electron chi connectivity index (χ0n) is 25.6. The van der Waals surface area contributed by atoms with E-state index in [1.807, 2.05) is 78.8 Å². The first-order valence-corrected chi connectivity index (χ1v) is 15.2. The largest absolute Gasteiger partial charge is 0.342 e. The number of allylic oxidation sites excluding steroid dienone is 1. The standard InChI is InChI=1S/C32H47N3O4S/c1-22(2)26(21-23(3)40(38,39)25-19-15-12-16-20-25)35(10)30(37)28(31(4,5)6)34-29(36)27(33-9)32(7,8)24-17-13-11-14-18-24/h11-22,26-28,33H,1-10H3,(H,34,36)/b23-21+/t26-,27-,28?/m1/s1. The summed E-state index contributed by atoms with van der Waals surface area (Å²) < 4.78 is 26.4. The highest BCUT2D eigenvalue weighted by atomic mass is 32.2. The first-order chi connectivity index (χ1) is 18.5. The Labute approximate surface area is 241 Å². The lowest BCUT2D eigenvalue weighted by Gasteiger charge is -2.40. The van der Waals surface area contributed by atoms with Crippen molar-refractivity contribution in [3.63, 3.8) is 0 Å². The van der Waals surface area contributed by atoms with Crippen LogP contribution in [0.4, 0.5) is 0 Å². The van der Waals surface area contributed by atoms with Crippen LogP contribution < -0.4 is 10.6 Å². The van der Waals surface area contributed by atoms with Crippen LogP contribution in [-0.2, 0) is 24.8 Å². The van der Waals surface area contributed by atoms with Gasteiger partial charge in [0.15, 0.2) is 0 Å². The van der Waals surface area contributed by atoms with Crippen LogP contribution in [0, 0.1) is 11.3 Å². The number of hydrogen-bond donors (Lipinski definition) is 2. The molecule has 0 aromatic heterocycles. The molecule has 0 spiro atoms. The molecule has 2 N–H and O–H groups in total. The van der Waals surface area contributed by atoms with E-state index >= 15 is 0 Å². The van der Waals surface area contributed by atoms with E-state index in [0.717, 1.165) is 5.56 Å². The van der Waals surface area contributed by atoms with Gasteiger partial charge in [-0.1, -0.05) is 97.0 Å². The second-order valence-corrected chi connectivity index (χ2v) is 14.5. The highest BCUT2D eigenvalue weighted by Crippen LogP contribution is 2.29. The molecule has 7 nitrogen and oxygen atoms in total. The Morgan fingerprint density at radius 1 is 0.875 bits per heavy atom. The van der Waals surface area contributed by atoms with Crippen molar-refractivity contribution in [3.05, 3.63) is 77.2 Å². The van der Waals surface area contributed by atoms with Gasteiger partial charge in [0, 0.05) is 17.4 Å². The number of nitrogens with zero attached hydrogens (tertiary/aromatic N) is 1. The Bertz CT molecular complexity index is 1280. The van der Waals surface area contributed by atoms with Crippen molar-refractivity contribution < 1.29 is 18.0 Å². The molecule has 1 unspecified atom stereocenters. The van der Waals surface area contributed by atoms with E-state index in [1.54, 1.807) is 62.3 Å². The van der Waals surface area contributed by atoms with Crippen LogP contribution in [0.3, 0.4) is 0 Å². The minimum atomic E-state index is -3.71. The molecule has 0 aliphatic heterocycles. The molecule has 0 saturated carbocycles. The van der Waals surface area contributed by atoms with E-state index in [9.17, 15) is 18.0 Å². The number of sulfone groups is 1. The topological polar surface area (TPSA) is 95.6 Å². The van der Waals surface area contributed by atoms with Crippen molar-refractivity contribution in [1.82, 2.24) is 15.5 Å². The average Bonchev–Trinajstić information content (AvgIpc) is 2.89. The molecule has 0 aliphatic rings. The van der Waals surface area contributed by atoms with Crippen LogP contribution in [0.2, 0.25) is 0 Å². The molecule has 0 heterocycles. The minimum Gasteiger partial charge on any atom is -0.342 e. The zero-order chi connectivity index (χ0) is 30.5. The van der Waals surface area contributed by atoms with Crippen molar-refractivity contribution in [2.45, 2.75) is 83.8 Å². The lowest BCUT2D eigenvalue weighted by atomic mass is 9.76. The molecule has 0 saturated heterocycles. The number of hydrogen-bond acceptors (Lipinski definition) is 5. The molecule has 2 amide bonds. The van der Waals surface area contributed by atoms with Crippen molar-refractivity contribution in [2.24, 2.45) is 11.3 Å². The SMILES string of the molecule is CN[C@H](C(=O)NC(C(=O)N(C)[C@H](/C=C(\C)S(=O)(=O)c1ccccc1)C(C)C)C(C)(C)C)C(C)(C)c1ccccc1. The highest BCUT2D eigenvalue weighted by molar-refractivity contribution is 7.95. The molecule has 40 heavy (non-hydrogen) atoms. The number of likely N-dealkylation sites (N-methyl/N-ethyl adjacent to an activating group) is 2. The lowest BCUT2D eigenvalue weighted by Crippen LogP contribution is -2.61. The molecule has 2 aromatic carbocycles. The number of carbonyl (C=O) groups is 2. The summed E-state index contributed by atoms with van der Waals surface area (Å²) in [5.41, 5.74) is -0.156. The van der Waals surface area contributed by atoms with Crippen molar-refractivity contribution in [3.8, 4) is 0 Å². The number of amides is 2. The summed E-state index contributed by atoms with van der Waals surface area (Å²) in [5.74, 6) is -0.640. The average molecular weight is 570 g/mol. The molecule has 0 radical (unpaired) electrons. The van der Waals surface area contributed by atoms with Gasteiger partial charge in [-0.05, 0) is 49.1 Å². The summed E-state index contributed by atoms with van der Waals surface area (Å²) in [6, 6.07) is 16.1. The smallest absolute Gasteiger partial charge is 0.245 e. The maximum atomic E-state index is 14.0. The summed E-state index contributed by atoms with van der Waals surface area (Å²) >= 11 is 0. The van der Waals surface area contributed by atoms with Gasteiger partial charge in [0.2, 0.25) is 21.7 Å². The molecule has 220 valence electrons. The fourth-order valence-electron chi connectivity index (χ4n) is 4.95. The number of carbonyl (C=O) groups excluding carboxylic acids is 2. The van der Waals surface area contributed by atoms with E-state index in [1.165, 1.54) is 0 Å². The third-order valence-electron chi connectivity index (χ3n) is 7.55. The minimum absolute atomic E-state index is 0.0757. The molecule has 0 fully saturated rings. The van der Waals surface area contributed by atoms with Gasteiger partial charge in [-0.15, -0.1) is 0 Å². The molecule has 8 heteroatoms. The molecular weight excluding hydrogens is 522 g/mol. The van der Waals surface area contributed by atoms with Gasteiger partial charge in [-0.2, -0.15) is 0 Å². The lowest BCUT2D eigenvalue weighted by molar-refractivity contribution is -0.140. The molecule has 0 aliphatic carbocycles. The van der Waals surface area contributed by atoms with Gasteiger partial charge < -0.3 is 15.5 Å². The highest BCUT2D eigenvalue weighted by Gasteiger charge is 2.41. The Balaban J connectivity index is 2.40. The fourth-order valence-corrected chi connectivity index (χ4v) is 6.15. The first-order valence-electron chi connectivity index (χ1n) is 13.7. The van der Waals surface area contributed by atoms with Crippen LogP contribution in [0.1, 0.15) is 61.0 Å². The van der Waals surface area contributed by atoms with Gasteiger partial charge in [-0.25, -0.2) is 8.42 Å². The summed E-state index contributed by atoms with van der Waals surface area (Å²) in [5, 5.41) is 6.19. The van der Waals surface area contributed by atoms with Crippen LogP contribution in [0.15, 0.2) is 76.5 Å². The fraction of sp³-hybridized carbons (Fsp3) is 0.500. The van der Waals surface area contributed by atoms with E-state index in [2.05, 4.69) is 10.6 Å². The number of nitrogens with one attached hydrogen (secondary N) is 2. The van der Waals surface area contributed by atoms with Crippen LogP contribution in [0.5, 0.6) is 0 Å². The third-order valence-corrected chi connectivity index (χ3v) is 9.43. The van der Waals surface area contributed by atoms with Gasteiger partial charge in [0.05, 0.1) is 17.0 Å². The first kappa shape index (κ1) is 33.2. The van der Waals surface area contributed by atoms with Gasteiger partial charge in [-0.3, -0.25) is 9.59 Å². The third kappa shape index (κ3) is 7.61. The maximum absolute atomic E-state index is 14.0. The number of rotatable bonds is 11. The number of benzene rings is 2. The van der Waals surface area contributed by atoms with Gasteiger partial charge >= 0.3 is 0 Å². The van der Waals surface area contributed by atoms with E-state index < -0.39 is 38.8 Å². The molecule has 2 aromatic rings. The van der Waals surface area contributed by atoms with Crippen LogP contribution >= 0.6 is 0 Å². The van der Waals surface area contributed by atoms with Gasteiger partial charge in [0.25, 0.3) is 0 Å². The van der Waals surface area contributed by atoms with E-state index in [4.69, 9.17) is 0 Å². The molecule has 3 atom stereocenters. The van der Waals surface area contributed by atoms with Crippen molar-refractivity contribution in [2.75, 3.05) is 14.1 Å². The van der Waals surface area contributed by atoms with Crippen LogP contribution in [-0.4, -0.2) is 57.4 Å². The summed E-state index contributed by atoms with van der Waals surface area (Å²) in [7, 11) is -0.299. The zero-order valence-corrected chi connectivity index (χ0v) is 26.5. The summed E-state index contributed by atoms with van der Waals surface area (Å²) in [6.07, 6.45) is 1.64.